The van der Waals surface area contributed by atoms with Crippen LogP contribution >= 0.6 is 0 Å². The zero-order valence-electron chi connectivity index (χ0n) is 13.8. The van der Waals surface area contributed by atoms with Gasteiger partial charge in [-0.15, -0.1) is 0 Å². The van der Waals surface area contributed by atoms with Crippen LogP contribution in [0.25, 0.3) is 0 Å². The van der Waals surface area contributed by atoms with E-state index in [0.29, 0.717) is 31.8 Å². The third-order valence-corrected chi connectivity index (χ3v) is 3.70. The highest BCUT2D eigenvalue weighted by atomic mass is 16.5. The second kappa shape index (κ2) is 9.63. The smallest absolute Gasteiger partial charge is 0.338 e. The van der Waals surface area contributed by atoms with Crippen LogP contribution in [0.5, 0.6) is 0 Å². The molecule has 0 N–H and O–H groups in total. The standard InChI is InChI=1S/C20H22O4/c1-2-24-20(22)18-10-8-17(9-11-18)19(14-21)12-13-23-15-16-6-4-3-5-7-16/h3-11,14,19H,2,12-13,15H2,1H3. The molecule has 0 aliphatic heterocycles. The number of benzene rings is 2. The molecule has 126 valence electrons. The molecular formula is C20H22O4. The van der Waals surface area contributed by atoms with Crippen molar-refractivity contribution >= 4 is 12.3 Å². The van der Waals surface area contributed by atoms with Gasteiger partial charge in [-0.3, -0.25) is 0 Å². The van der Waals surface area contributed by atoms with Gasteiger partial charge in [0.15, 0.2) is 0 Å². The number of hydrogen-bond donors (Lipinski definition) is 0. The first-order valence-corrected chi connectivity index (χ1v) is 8.08. The molecule has 1 atom stereocenters. The molecule has 0 aromatic heterocycles. The van der Waals surface area contributed by atoms with Crippen LogP contribution in [0.4, 0.5) is 0 Å². The van der Waals surface area contributed by atoms with E-state index in [-0.39, 0.29) is 11.9 Å². The predicted molar refractivity (Wildman–Crippen MR) is 91.9 cm³/mol. The number of ether oxygens (including phenoxy) is 2. The highest BCUT2D eigenvalue weighted by Crippen LogP contribution is 2.19. The third kappa shape index (κ3) is 5.32. The van der Waals surface area contributed by atoms with E-state index in [1.807, 2.05) is 30.3 Å². The summed E-state index contributed by atoms with van der Waals surface area (Å²) in [5, 5.41) is 0. The summed E-state index contributed by atoms with van der Waals surface area (Å²) in [7, 11) is 0. The zero-order valence-corrected chi connectivity index (χ0v) is 13.8. The lowest BCUT2D eigenvalue weighted by molar-refractivity contribution is -0.109. The Morgan fingerprint density at radius 1 is 1.08 bits per heavy atom. The lowest BCUT2D eigenvalue weighted by Crippen LogP contribution is -2.07. The number of rotatable bonds is 9. The Labute approximate surface area is 142 Å². The second-order valence-corrected chi connectivity index (χ2v) is 5.41. The second-order valence-electron chi connectivity index (χ2n) is 5.41. The van der Waals surface area contributed by atoms with Gasteiger partial charge in [0.2, 0.25) is 0 Å². The van der Waals surface area contributed by atoms with Crippen LogP contribution in [0, 0.1) is 0 Å². The summed E-state index contributed by atoms with van der Waals surface area (Å²) in [6.07, 6.45) is 1.53. The van der Waals surface area contributed by atoms with E-state index in [1.54, 1.807) is 31.2 Å². The van der Waals surface area contributed by atoms with Crippen LogP contribution < -0.4 is 0 Å². The van der Waals surface area contributed by atoms with Gasteiger partial charge in [0, 0.05) is 12.5 Å². The molecule has 1 unspecified atom stereocenters. The molecule has 2 aromatic carbocycles. The van der Waals surface area contributed by atoms with Crippen LogP contribution in [0.2, 0.25) is 0 Å². The maximum atomic E-state index is 11.6. The minimum Gasteiger partial charge on any atom is -0.462 e. The van der Waals surface area contributed by atoms with Crippen molar-refractivity contribution in [3.63, 3.8) is 0 Å². The molecule has 0 aliphatic carbocycles. The van der Waals surface area contributed by atoms with Crippen molar-refractivity contribution in [1.82, 2.24) is 0 Å². The first-order valence-electron chi connectivity index (χ1n) is 8.08. The van der Waals surface area contributed by atoms with Gasteiger partial charge in [0.1, 0.15) is 6.29 Å². The highest BCUT2D eigenvalue weighted by molar-refractivity contribution is 5.89. The van der Waals surface area contributed by atoms with Crippen molar-refractivity contribution < 1.29 is 19.1 Å². The molecule has 24 heavy (non-hydrogen) atoms. The first kappa shape index (κ1) is 17.9. The summed E-state index contributed by atoms with van der Waals surface area (Å²) >= 11 is 0. The summed E-state index contributed by atoms with van der Waals surface area (Å²) in [4.78, 5) is 23.0. The highest BCUT2D eigenvalue weighted by Gasteiger charge is 2.12. The average Bonchev–Trinajstić information content (AvgIpc) is 2.63. The molecule has 0 heterocycles. The Morgan fingerprint density at radius 3 is 2.42 bits per heavy atom. The molecule has 0 fully saturated rings. The molecule has 0 saturated heterocycles. The van der Waals surface area contributed by atoms with Crippen LogP contribution in [-0.2, 0) is 20.9 Å². The van der Waals surface area contributed by atoms with Gasteiger partial charge in [-0.2, -0.15) is 0 Å². The van der Waals surface area contributed by atoms with Crippen molar-refractivity contribution in [1.29, 1.82) is 0 Å². The fourth-order valence-corrected chi connectivity index (χ4v) is 2.37. The topological polar surface area (TPSA) is 52.6 Å². The molecule has 2 aromatic rings. The molecule has 0 amide bonds. The molecule has 4 nitrogen and oxygen atoms in total. The SMILES string of the molecule is CCOC(=O)c1ccc(C(C=O)CCOCc2ccccc2)cc1. The predicted octanol–water partition coefficient (Wildman–Crippen LogP) is 3.75. The molecular weight excluding hydrogens is 304 g/mol. The van der Waals surface area contributed by atoms with E-state index in [2.05, 4.69) is 0 Å². The average molecular weight is 326 g/mol. The Balaban J connectivity index is 1.84. The molecule has 0 bridgehead atoms. The summed E-state index contributed by atoms with van der Waals surface area (Å²) in [6.45, 7) is 3.15. The number of carbonyl (C=O) groups is 2. The van der Waals surface area contributed by atoms with Gasteiger partial charge in [0.05, 0.1) is 18.8 Å². The minimum atomic E-state index is -0.349. The summed E-state index contributed by atoms with van der Waals surface area (Å²) in [5.41, 5.74) is 2.48. The van der Waals surface area contributed by atoms with Gasteiger partial charge in [-0.1, -0.05) is 42.5 Å². The van der Waals surface area contributed by atoms with Crippen molar-refractivity contribution in [3.8, 4) is 0 Å². The Hall–Kier alpha value is -2.46. The first-order chi connectivity index (χ1) is 11.7. The van der Waals surface area contributed by atoms with Crippen LogP contribution in [0.15, 0.2) is 54.6 Å². The van der Waals surface area contributed by atoms with Crippen LogP contribution in [0.1, 0.15) is 40.7 Å². The Bertz CT molecular complexity index is 634. The molecule has 2 rings (SSSR count). The molecule has 0 radical (unpaired) electrons. The maximum absolute atomic E-state index is 11.6. The summed E-state index contributed by atoms with van der Waals surface area (Å²) < 4.78 is 10.6. The lowest BCUT2D eigenvalue weighted by atomic mass is 9.96. The monoisotopic (exact) mass is 326 g/mol. The quantitative estimate of drug-likeness (QED) is 0.400. The minimum absolute atomic E-state index is 0.239. The lowest BCUT2D eigenvalue weighted by Gasteiger charge is -2.12. The summed E-state index contributed by atoms with van der Waals surface area (Å²) in [5.74, 6) is -0.588. The number of carbonyl (C=O) groups excluding carboxylic acids is 2. The number of aldehydes is 1. The maximum Gasteiger partial charge on any atom is 0.338 e. The van der Waals surface area contributed by atoms with E-state index in [9.17, 15) is 9.59 Å². The van der Waals surface area contributed by atoms with E-state index >= 15 is 0 Å². The normalized spacial score (nSPS) is 11.7. The van der Waals surface area contributed by atoms with E-state index in [0.717, 1.165) is 17.4 Å². The Morgan fingerprint density at radius 2 is 1.79 bits per heavy atom. The largest absolute Gasteiger partial charge is 0.462 e. The molecule has 0 aliphatic rings. The van der Waals surface area contributed by atoms with Crippen molar-refractivity contribution in [2.24, 2.45) is 0 Å². The van der Waals surface area contributed by atoms with Crippen molar-refractivity contribution in [2.45, 2.75) is 25.9 Å². The van der Waals surface area contributed by atoms with E-state index in [1.165, 1.54) is 0 Å². The van der Waals surface area contributed by atoms with Gasteiger partial charge >= 0.3 is 5.97 Å². The Kier molecular flexibility index (Phi) is 7.18. The van der Waals surface area contributed by atoms with Crippen LogP contribution in [0.3, 0.4) is 0 Å². The van der Waals surface area contributed by atoms with E-state index in [4.69, 9.17) is 9.47 Å². The van der Waals surface area contributed by atoms with Crippen molar-refractivity contribution in [3.05, 3.63) is 71.3 Å². The fourth-order valence-electron chi connectivity index (χ4n) is 2.37. The molecule has 0 spiro atoms. The third-order valence-electron chi connectivity index (χ3n) is 3.70. The van der Waals surface area contributed by atoms with Gasteiger partial charge < -0.3 is 14.3 Å². The van der Waals surface area contributed by atoms with E-state index < -0.39 is 0 Å². The van der Waals surface area contributed by atoms with Crippen LogP contribution in [-0.4, -0.2) is 25.5 Å². The zero-order chi connectivity index (χ0) is 17.2. The van der Waals surface area contributed by atoms with Gasteiger partial charge in [-0.25, -0.2) is 4.79 Å². The molecule has 4 heteroatoms. The van der Waals surface area contributed by atoms with Gasteiger partial charge in [-0.05, 0) is 36.6 Å². The molecule has 0 saturated carbocycles. The van der Waals surface area contributed by atoms with Gasteiger partial charge in [0.25, 0.3) is 0 Å². The summed E-state index contributed by atoms with van der Waals surface area (Å²) in [6, 6.07) is 16.9. The number of hydrogen-bond acceptors (Lipinski definition) is 4. The number of esters is 1. The fraction of sp³-hybridized carbons (Fsp3) is 0.300. The van der Waals surface area contributed by atoms with Crippen molar-refractivity contribution in [2.75, 3.05) is 13.2 Å².